The molecule has 5 aromatic rings. The number of benzene rings is 2. The highest BCUT2D eigenvalue weighted by molar-refractivity contribution is 5.86. The Hall–Kier alpha value is -4.71. The third kappa shape index (κ3) is 4.77. The normalized spacial score (nSPS) is 20.5. The monoisotopic (exact) mass is 537 g/mol. The van der Waals surface area contributed by atoms with Crippen LogP contribution in [-0.4, -0.2) is 66.0 Å². The molecule has 0 aliphatic carbocycles. The zero-order valence-electron chi connectivity index (χ0n) is 21.5. The van der Waals surface area contributed by atoms with E-state index >= 15 is 0 Å². The number of hydrogen-bond acceptors (Lipinski definition) is 9. The first-order valence-corrected chi connectivity index (χ1v) is 12.8. The molecule has 1 fully saturated rings. The molecule has 0 spiro atoms. The third-order valence-corrected chi connectivity index (χ3v) is 6.88. The Kier molecular flexibility index (Phi) is 6.91. The number of carbonyl (C=O) groups excluding carboxylic acids is 1. The van der Waals surface area contributed by atoms with Gasteiger partial charge in [0.2, 0.25) is 0 Å². The maximum Gasteiger partial charge on any atom is 0.251 e. The van der Waals surface area contributed by atoms with E-state index in [9.17, 15) is 15.0 Å². The summed E-state index contributed by atoms with van der Waals surface area (Å²) in [7, 11) is 1.44. The first-order valence-electron chi connectivity index (χ1n) is 12.8. The van der Waals surface area contributed by atoms with Gasteiger partial charge in [0.1, 0.15) is 12.2 Å². The number of hydrogen-bond donors (Lipinski definition) is 4. The van der Waals surface area contributed by atoms with Crippen LogP contribution in [0.3, 0.4) is 0 Å². The number of anilines is 1. The standard InChI is InChI=1S/C29H27N7O4/c1-30-28(39)24-22(37)23(38)29(40-24)36-16-33-21-26(32-14-17-6-3-2-4-7-17)34-25(35-27(21)36)19-11-9-18(10-12-19)20-8-5-13-31-15-20/h2-13,15-16,22-24,29,37-38H,14H2,1H3,(H,30,39)(H,32,34,35)/t22?,23?,24-,29?/m1/s1. The number of aliphatic hydroxyl groups is 2. The molecule has 4 atom stereocenters. The van der Waals surface area contributed by atoms with Gasteiger partial charge in [-0.1, -0.05) is 60.7 Å². The predicted octanol–water partition coefficient (Wildman–Crippen LogP) is 2.53. The molecule has 2 aromatic carbocycles. The minimum absolute atomic E-state index is 0.380. The van der Waals surface area contributed by atoms with Crippen molar-refractivity contribution < 1.29 is 19.7 Å². The number of aromatic nitrogens is 5. The topological polar surface area (TPSA) is 147 Å². The lowest BCUT2D eigenvalue weighted by Crippen LogP contribution is -2.41. The second kappa shape index (κ2) is 10.8. The fraction of sp³-hybridized carbons (Fsp3) is 0.207. The molecule has 3 unspecified atom stereocenters. The number of fused-ring (bicyclic) bond motifs is 1. The quantitative estimate of drug-likeness (QED) is 0.246. The summed E-state index contributed by atoms with van der Waals surface area (Å²) in [5, 5.41) is 27.1. The van der Waals surface area contributed by atoms with Crippen LogP contribution < -0.4 is 10.6 Å². The Morgan fingerprint density at radius 3 is 2.45 bits per heavy atom. The van der Waals surface area contributed by atoms with E-state index in [1.54, 1.807) is 12.4 Å². The van der Waals surface area contributed by atoms with Gasteiger partial charge in [-0.3, -0.25) is 14.3 Å². The Morgan fingerprint density at radius 1 is 0.950 bits per heavy atom. The molecule has 0 radical (unpaired) electrons. The summed E-state index contributed by atoms with van der Waals surface area (Å²) in [5.74, 6) is 0.390. The van der Waals surface area contributed by atoms with Gasteiger partial charge in [0.25, 0.3) is 5.91 Å². The second-order valence-electron chi connectivity index (χ2n) is 9.42. The van der Waals surface area contributed by atoms with Gasteiger partial charge in [-0.2, -0.15) is 0 Å². The number of aliphatic hydroxyl groups excluding tert-OH is 2. The van der Waals surface area contributed by atoms with Crippen LogP contribution >= 0.6 is 0 Å². The summed E-state index contributed by atoms with van der Waals surface area (Å²) in [5.41, 5.74) is 4.65. The van der Waals surface area contributed by atoms with Gasteiger partial charge < -0.3 is 25.6 Å². The summed E-state index contributed by atoms with van der Waals surface area (Å²) in [4.78, 5) is 30.5. The van der Waals surface area contributed by atoms with Crippen LogP contribution in [0.2, 0.25) is 0 Å². The molecule has 202 valence electrons. The van der Waals surface area contributed by atoms with Gasteiger partial charge in [0, 0.05) is 31.5 Å². The van der Waals surface area contributed by atoms with Crippen molar-refractivity contribution in [3.63, 3.8) is 0 Å². The Morgan fingerprint density at radius 2 is 1.73 bits per heavy atom. The summed E-state index contributed by atoms with van der Waals surface area (Å²) in [6, 6.07) is 21.6. The SMILES string of the molecule is CNC(=O)[C@@H]1OC(n2cnc3c(NCc4ccccc4)nc(-c4ccc(-c5cccnc5)cc4)nc32)C(O)C1O. The van der Waals surface area contributed by atoms with E-state index in [1.165, 1.54) is 17.9 Å². The van der Waals surface area contributed by atoms with Crippen molar-refractivity contribution in [2.75, 3.05) is 12.4 Å². The van der Waals surface area contributed by atoms with Crippen LogP contribution in [0, 0.1) is 0 Å². The van der Waals surface area contributed by atoms with E-state index in [0.717, 1.165) is 22.3 Å². The van der Waals surface area contributed by atoms with Crippen LogP contribution in [0.4, 0.5) is 5.82 Å². The van der Waals surface area contributed by atoms with Gasteiger partial charge in [-0.25, -0.2) is 15.0 Å². The fourth-order valence-corrected chi connectivity index (χ4v) is 4.73. The summed E-state index contributed by atoms with van der Waals surface area (Å²) in [6.45, 7) is 0.499. The maximum atomic E-state index is 12.2. The number of pyridine rings is 1. The molecule has 0 saturated carbocycles. The van der Waals surface area contributed by atoms with Gasteiger partial charge in [-0.05, 0) is 22.8 Å². The van der Waals surface area contributed by atoms with Crippen molar-refractivity contribution in [1.29, 1.82) is 0 Å². The number of carbonyl (C=O) groups is 1. The Balaban J connectivity index is 1.41. The van der Waals surface area contributed by atoms with Crippen molar-refractivity contribution in [3.05, 3.63) is 91.0 Å². The average Bonchev–Trinajstić information content (AvgIpc) is 3.56. The van der Waals surface area contributed by atoms with Crippen molar-refractivity contribution >= 4 is 22.9 Å². The minimum Gasteiger partial charge on any atom is -0.387 e. The average molecular weight is 538 g/mol. The Labute approximate surface area is 229 Å². The number of rotatable bonds is 7. The molecule has 4 N–H and O–H groups in total. The van der Waals surface area contributed by atoms with E-state index in [2.05, 4.69) is 20.6 Å². The number of likely N-dealkylation sites (N-methyl/N-ethyl adjacent to an activating group) is 1. The molecule has 1 saturated heterocycles. The smallest absolute Gasteiger partial charge is 0.251 e. The van der Waals surface area contributed by atoms with Gasteiger partial charge >= 0.3 is 0 Å². The molecule has 11 heteroatoms. The van der Waals surface area contributed by atoms with Gasteiger partial charge in [0.05, 0.1) is 6.33 Å². The molecule has 4 heterocycles. The van der Waals surface area contributed by atoms with E-state index < -0.39 is 30.4 Å². The predicted molar refractivity (Wildman–Crippen MR) is 148 cm³/mol. The number of ether oxygens (including phenoxy) is 1. The lowest BCUT2D eigenvalue weighted by atomic mass is 10.1. The van der Waals surface area contributed by atoms with Crippen LogP contribution in [0.5, 0.6) is 0 Å². The lowest BCUT2D eigenvalue weighted by Gasteiger charge is -2.17. The lowest BCUT2D eigenvalue weighted by molar-refractivity contribution is -0.137. The van der Waals surface area contributed by atoms with Crippen LogP contribution in [-0.2, 0) is 16.1 Å². The maximum absolute atomic E-state index is 12.2. The molecule has 40 heavy (non-hydrogen) atoms. The fourth-order valence-electron chi connectivity index (χ4n) is 4.73. The van der Waals surface area contributed by atoms with Gasteiger partial charge in [-0.15, -0.1) is 0 Å². The van der Waals surface area contributed by atoms with E-state index in [0.29, 0.717) is 29.4 Å². The third-order valence-electron chi connectivity index (χ3n) is 6.88. The molecule has 1 aliphatic rings. The zero-order valence-corrected chi connectivity index (χ0v) is 21.5. The van der Waals surface area contributed by atoms with Crippen LogP contribution in [0.25, 0.3) is 33.7 Å². The van der Waals surface area contributed by atoms with Crippen molar-refractivity contribution in [3.8, 4) is 22.5 Å². The molecular weight excluding hydrogens is 510 g/mol. The molecule has 1 aliphatic heterocycles. The molecular formula is C29H27N7O4. The number of imidazole rings is 1. The van der Waals surface area contributed by atoms with Crippen molar-refractivity contribution in [1.82, 2.24) is 29.8 Å². The Bertz CT molecular complexity index is 1630. The summed E-state index contributed by atoms with van der Waals surface area (Å²) in [6.07, 6.45) is -0.115. The molecule has 11 nitrogen and oxygen atoms in total. The highest BCUT2D eigenvalue weighted by Gasteiger charge is 2.47. The van der Waals surface area contributed by atoms with Crippen LogP contribution in [0.15, 0.2) is 85.5 Å². The molecule has 0 bridgehead atoms. The number of nitrogens with zero attached hydrogens (tertiary/aromatic N) is 5. The molecule has 1 amide bonds. The van der Waals surface area contributed by atoms with Crippen molar-refractivity contribution in [2.45, 2.75) is 31.1 Å². The second-order valence-corrected chi connectivity index (χ2v) is 9.42. The molecule has 3 aromatic heterocycles. The largest absolute Gasteiger partial charge is 0.387 e. The van der Waals surface area contributed by atoms with E-state index in [-0.39, 0.29) is 0 Å². The van der Waals surface area contributed by atoms with Crippen LogP contribution in [0.1, 0.15) is 11.8 Å². The minimum atomic E-state index is -1.42. The van der Waals surface area contributed by atoms with Crippen molar-refractivity contribution in [2.24, 2.45) is 0 Å². The summed E-state index contributed by atoms with van der Waals surface area (Å²) >= 11 is 0. The number of nitrogens with one attached hydrogen (secondary N) is 2. The first kappa shape index (κ1) is 25.6. The highest BCUT2D eigenvalue weighted by atomic mass is 16.6. The highest BCUT2D eigenvalue weighted by Crippen LogP contribution is 2.34. The number of amides is 1. The van der Waals surface area contributed by atoms with E-state index in [4.69, 9.17) is 14.7 Å². The summed E-state index contributed by atoms with van der Waals surface area (Å²) < 4.78 is 7.32. The molecule has 6 rings (SSSR count). The van der Waals surface area contributed by atoms with E-state index in [1.807, 2.05) is 66.7 Å². The van der Waals surface area contributed by atoms with Gasteiger partial charge in [0.15, 0.2) is 35.1 Å². The zero-order chi connectivity index (χ0) is 27.6. The first-order chi connectivity index (χ1) is 19.5.